The third-order valence-electron chi connectivity index (χ3n) is 3.89. The first-order chi connectivity index (χ1) is 11.5. The van der Waals surface area contributed by atoms with Crippen molar-refractivity contribution >= 4 is 27.5 Å². The van der Waals surface area contributed by atoms with E-state index in [9.17, 15) is 13.6 Å². The van der Waals surface area contributed by atoms with Gasteiger partial charge in [-0.05, 0) is 37.0 Å². The molecule has 1 unspecified atom stereocenters. The van der Waals surface area contributed by atoms with E-state index in [1.165, 1.54) is 30.7 Å². The predicted molar refractivity (Wildman–Crippen MR) is 96.5 cm³/mol. The molecule has 3 nitrogen and oxygen atoms in total. The van der Waals surface area contributed by atoms with Crippen LogP contribution in [0, 0.1) is 0 Å². The Bertz CT molecular complexity index is 508. The average Bonchev–Trinajstić information content (AvgIpc) is 3.06. The van der Waals surface area contributed by atoms with Crippen LogP contribution in [0.4, 0.5) is 8.78 Å². The van der Waals surface area contributed by atoms with Gasteiger partial charge in [0.05, 0.1) is 0 Å². The second-order valence-electron chi connectivity index (χ2n) is 5.85. The van der Waals surface area contributed by atoms with Crippen LogP contribution in [0.5, 0.6) is 5.75 Å². The summed E-state index contributed by atoms with van der Waals surface area (Å²) in [5.74, 6) is 1.50. The number of unbranched alkanes of at least 4 members (excludes halogenated alkanes) is 1. The first-order valence-electron chi connectivity index (χ1n) is 8.10. The van der Waals surface area contributed by atoms with Crippen LogP contribution in [0.3, 0.4) is 0 Å². The largest absolute Gasteiger partial charge is 0.435 e. The lowest BCUT2D eigenvalue weighted by molar-refractivity contribution is -0.130. The lowest BCUT2D eigenvalue weighted by Gasteiger charge is -2.17. The lowest BCUT2D eigenvalue weighted by atomic mass is 10.1. The zero-order valence-corrected chi connectivity index (χ0v) is 15.4. The summed E-state index contributed by atoms with van der Waals surface area (Å²) in [5.41, 5.74) is 0.895. The van der Waals surface area contributed by atoms with Crippen molar-refractivity contribution in [3.05, 3.63) is 29.8 Å². The van der Waals surface area contributed by atoms with Crippen molar-refractivity contribution in [2.24, 2.45) is 0 Å². The van der Waals surface area contributed by atoms with Crippen LogP contribution >= 0.6 is 21.6 Å². The third-order valence-corrected chi connectivity index (χ3v) is 6.89. The van der Waals surface area contributed by atoms with Crippen molar-refractivity contribution in [3.8, 4) is 5.75 Å². The molecule has 1 heterocycles. The van der Waals surface area contributed by atoms with Gasteiger partial charge in [0.25, 0.3) is 0 Å². The van der Waals surface area contributed by atoms with Crippen molar-refractivity contribution < 1.29 is 18.3 Å². The number of carbonyl (C=O) groups is 1. The fourth-order valence-corrected chi connectivity index (χ4v) is 5.57. The quantitative estimate of drug-likeness (QED) is 0.451. The molecule has 0 radical (unpaired) electrons. The maximum Gasteiger partial charge on any atom is 0.387 e. The van der Waals surface area contributed by atoms with Crippen LogP contribution in [0.2, 0.25) is 0 Å². The zero-order valence-electron chi connectivity index (χ0n) is 13.7. The Morgan fingerprint density at radius 2 is 2.08 bits per heavy atom. The number of amides is 1. The van der Waals surface area contributed by atoms with Gasteiger partial charge in [0.1, 0.15) is 5.75 Å². The molecule has 24 heavy (non-hydrogen) atoms. The van der Waals surface area contributed by atoms with Crippen LogP contribution < -0.4 is 4.74 Å². The molecule has 0 aliphatic carbocycles. The van der Waals surface area contributed by atoms with Gasteiger partial charge in [0.2, 0.25) is 5.91 Å². The summed E-state index contributed by atoms with van der Waals surface area (Å²) < 4.78 is 28.5. The summed E-state index contributed by atoms with van der Waals surface area (Å²) in [6.07, 6.45) is 5.06. The Kier molecular flexibility index (Phi) is 8.18. The molecule has 1 aliphatic rings. The van der Waals surface area contributed by atoms with Gasteiger partial charge in [-0.3, -0.25) is 4.79 Å². The first kappa shape index (κ1) is 19.4. The maximum absolute atomic E-state index is 12.1. The predicted octanol–water partition coefficient (Wildman–Crippen LogP) is 4.96. The van der Waals surface area contributed by atoms with Crippen LogP contribution in [0.1, 0.15) is 37.7 Å². The van der Waals surface area contributed by atoms with Gasteiger partial charge in [-0.2, -0.15) is 8.78 Å². The Hall–Kier alpha value is -0.950. The van der Waals surface area contributed by atoms with E-state index in [-0.39, 0.29) is 11.7 Å². The van der Waals surface area contributed by atoms with Gasteiger partial charge in [0, 0.05) is 31.0 Å². The number of halogens is 2. The lowest BCUT2D eigenvalue weighted by Crippen LogP contribution is -2.25. The van der Waals surface area contributed by atoms with E-state index < -0.39 is 6.61 Å². The number of nitrogens with zero attached hydrogens (tertiary/aromatic N) is 1. The van der Waals surface area contributed by atoms with Gasteiger partial charge >= 0.3 is 6.61 Å². The fraction of sp³-hybridized carbons (Fsp3) is 0.588. The van der Waals surface area contributed by atoms with Crippen LogP contribution in [-0.2, 0) is 11.3 Å². The number of hydrogen-bond acceptors (Lipinski definition) is 4. The van der Waals surface area contributed by atoms with Crippen molar-refractivity contribution in [2.45, 2.75) is 50.5 Å². The molecule has 0 saturated carbocycles. The first-order valence-corrected chi connectivity index (χ1v) is 10.5. The Labute approximate surface area is 149 Å². The molecule has 1 amide bonds. The van der Waals surface area contributed by atoms with Crippen molar-refractivity contribution in [1.29, 1.82) is 0 Å². The SMILES string of the molecule is CN(Cc1ccc(OC(F)F)cc1)C(=O)CCCCC1CCSS1. The number of hydrogen-bond donors (Lipinski definition) is 0. The molecule has 0 N–H and O–H groups in total. The smallest absolute Gasteiger partial charge is 0.387 e. The molecule has 1 fully saturated rings. The number of carbonyl (C=O) groups excluding carboxylic acids is 1. The average molecular weight is 376 g/mol. The molecule has 134 valence electrons. The van der Waals surface area contributed by atoms with E-state index in [0.29, 0.717) is 13.0 Å². The minimum absolute atomic E-state index is 0.122. The van der Waals surface area contributed by atoms with Crippen LogP contribution in [0.25, 0.3) is 0 Å². The van der Waals surface area contributed by atoms with E-state index in [1.807, 2.05) is 21.6 Å². The molecule has 0 spiro atoms. The minimum Gasteiger partial charge on any atom is -0.435 e. The molecule has 0 bridgehead atoms. The van der Waals surface area contributed by atoms with Gasteiger partial charge in [-0.15, -0.1) is 0 Å². The summed E-state index contributed by atoms with van der Waals surface area (Å²) >= 11 is 0. The zero-order chi connectivity index (χ0) is 17.4. The van der Waals surface area contributed by atoms with Gasteiger partial charge in [-0.25, -0.2) is 0 Å². The number of alkyl halides is 2. The highest BCUT2D eigenvalue weighted by molar-refractivity contribution is 8.77. The molecular formula is C17H23F2NO2S2. The second kappa shape index (κ2) is 10.1. The number of benzene rings is 1. The monoisotopic (exact) mass is 375 g/mol. The summed E-state index contributed by atoms with van der Waals surface area (Å²) in [7, 11) is 5.70. The van der Waals surface area contributed by atoms with E-state index in [2.05, 4.69) is 4.74 Å². The molecule has 1 saturated heterocycles. The third kappa shape index (κ3) is 6.89. The van der Waals surface area contributed by atoms with Crippen molar-refractivity contribution in [1.82, 2.24) is 4.90 Å². The molecule has 1 aromatic carbocycles. The van der Waals surface area contributed by atoms with E-state index >= 15 is 0 Å². The summed E-state index contributed by atoms with van der Waals surface area (Å²) in [5, 5.41) is 0.761. The Balaban J connectivity index is 1.66. The topological polar surface area (TPSA) is 29.5 Å². The Morgan fingerprint density at radius 3 is 2.71 bits per heavy atom. The Morgan fingerprint density at radius 1 is 1.33 bits per heavy atom. The van der Waals surface area contributed by atoms with E-state index in [1.54, 1.807) is 24.1 Å². The minimum atomic E-state index is -2.82. The van der Waals surface area contributed by atoms with E-state index in [4.69, 9.17) is 0 Å². The molecule has 7 heteroatoms. The second-order valence-corrected chi connectivity index (χ2v) is 8.63. The molecular weight excluding hydrogens is 352 g/mol. The van der Waals surface area contributed by atoms with Crippen molar-refractivity contribution in [3.63, 3.8) is 0 Å². The van der Waals surface area contributed by atoms with E-state index in [0.717, 1.165) is 23.7 Å². The maximum atomic E-state index is 12.1. The highest BCUT2D eigenvalue weighted by Crippen LogP contribution is 2.39. The fourth-order valence-electron chi connectivity index (χ4n) is 2.54. The molecule has 2 rings (SSSR count). The van der Waals surface area contributed by atoms with Crippen LogP contribution in [0.15, 0.2) is 24.3 Å². The highest BCUT2D eigenvalue weighted by Gasteiger charge is 2.16. The van der Waals surface area contributed by atoms with Crippen LogP contribution in [-0.4, -0.2) is 35.5 Å². The van der Waals surface area contributed by atoms with Crippen molar-refractivity contribution in [2.75, 3.05) is 12.8 Å². The standard InChI is InChI=1S/C17H23F2NO2S2/c1-20(12-13-6-8-14(9-7-13)22-17(18)19)16(21)5-3-2-4-15-10-11-23-24-15/h6-9,15,17H,2-5,10-12H2,1H3. The summed E-state index contributed by atoms with van der Waals surface area (Å²) in [6.45, 7) is -2.34. The molecule has 0 aromatic heterocycles. The number of ether oxygens (including phenoxy) is 1. The summed E-state index contributed by atoms with van der Waals surface area (Å²) in [6, 6.07) is 6.40. The highest BCUT2D eigenvalue weighted by atomic mass is 33.1. The summed E-state index contributed by atoms with van der Waals surface area (Å²) in [4.78, 5) is 13.8. The number of rotatable bonds is 9. The van der Waals surface area contributed by atoms with Gasteiger partial charge < -0.3 is 9.64 Å². The van der Waals surface area contributed by atoms with Gasteiger partial charge in [0.15, 0.2) is 0 Å². The molecule has 1 aliphatic heterocycles. The molecule has 1 aromatic rings. The normalized spacial score (nSPS) is 17.2. The van der Waals surface area contributed by atoms with Gasteiger partial charge in [-0.1, -0.05) is 40.1 Å². The molecule has 1 atom stereocenters.